The third-order valence-electron chi connectivity index (χ3n) is 3.44. The molecule has 0 heterocycles. The zero-order chi connectivity index (χ0) is 9.68. The van der Waals surface area contributed by atoms with Crippen molar-refractivity contribution in [1.29, 1.82) is 0 Å². The van der Waals surface area contributed by atoms with E-state index in [0.717, 1.165) is 24.4 Å². The summed E-state index contributed by atoms with van der Waals surface area (Å²) in [5.74, 6) is 1.92. The van der Waals surface area contributed by atoms with Gasteiger partial charge in [-0.2, -0.15) is 0 Å². The molecule has 1 rings (SSSR count). The van der Waals surface area contributed by atoms with E-state index in [1.807, 2.05) is 0 Å². The van der Waals surface area contributed by atoms with Gasteiger partial charge in [-0.3, -0.25) is 0 Å². The summed E-state index contributed by atoms with van der Waals surface area (Å²) in [5, 5.41) is 3.60. The van der Waals surface area contributed by atoms with Crippen molar-refractivity contribution in [3.05, 3.63) is 0 Å². The molecule has 3 unspecified atom stereocenters. The van der Waals surface area contributed by atoms with Crippen molar-refractivity contribution >= 4 is 0 Å². The van der Waals surface area contributed by atoms with E-state index in [0.29, 0.717) is 0 Å². The van der Waals surface area contributed by atoms with Crippen LogP contribution in [-0.2, 0) is 0 Å². The van der Waals surface area contributed by atoms with E-state index < -0.39 is 0 Å². The van der Waals surface area contributed by atoms with Gasteiger partial charge in [0.25, 0.3) is 0 Å². The van der Waals surface area contributed by atoms with Gasteiger partial charge in [0.15, 0.2) is 0 Å². The molecule has 1 N–H and O–H groups in total. The van der Waals surface area contributed by atoms with Crippen LogP contribution in [0.2, 0.25) is 0 Å². The molecule has 1 nitrogen and oxygen atoms in total. The van der Waals surface area contributed by atoms with Gasteiger partial charge in [0.05, 0.1) is 0 Å². The van der Waals surface area contributed by atoms with E-state index in [-0.39, 0.29) is 0 Å². The number of nitrogens with one attached hydrogen (secondary N) is 1. The second-order valence-electron chi connectivity index (χ2n) is 4.61. The van der Waals surface area contributed by atoms with E-state index in [4.69, 9.17) is 0 Å². The predicted molar refractivity (Wildman–Crippen MR) is 58.9 cm³/mol. The Morgan fingerprint density at radius 3 is 2.54 bits per heavy atom. The average molecular weight is 183 g/mol. The third-order valence-corrected chi connectivity index (χ3v) is 3.44. The molecule has 0 bridgehead atoms. The summed E-state index contributed by atoms with van der Waals surface area (Å²) in [6.07, 6.45) is 7.12. The fraction of sp³-hybridized carbons (Fsp3) is 1.00. The Morgan fingerprint density at radius 2 is 2.00 bits per heavy atom. The van der Waals surface area contributed by atoms with Gasteiger partial charge < -0.3 is 5.32 Å². The number of hydrogen-bond acceptors (Lipinski definition) is 1. The highest BCUT2D eigenvalue weighted by Gasteiger charge is 2.25. The molecule has 1 saturated carbocycles. The van der Waals surface area contributed by atoms with Crippen LogP contribution < -0.4 is 5.32 Å². The summed E-state index contributed by atoms with van der Waals surface area (Å²) < 4.78 is 0. The fourth-order valence-corrected chi connectivity index (χ4v) is 2.74. The van der Waals surface area contributed by atoms with Crippen molar-refractivity contribution in [2.24, 2.45) is 11.8 Å². The largest absolute Gasteiger partial charge is 0.314 e. The highest BCUT2D eigenvalue weighted by Crippen LogP contribution is 2.31. The van der Waals surface area contributed by atoms with Crippen molar-refractivity contribution in [2.45, 2.75) is 58.9 Å². The summed E-state index contributed by atoms with van der Waals surface area (Å²) in [4.78, 5) is 0. The van der Waals surface area contributed by atoms with Crippen LogP contribution in [0, 0.1) is 11.8 Å². The second kappa shape index (κ2) is 5.64. The summed E-state index contributed by atoms with van der Waals surface area (Å²) in [7, 11) is 0. The first kappa shape index (κ1) is 11.0. The molecule has 0 amide bonds. The summed E-state index contributed by atoms with van der Waals surface area (Å²) in [6, 6.07) is 0.804. The van der Waals surface area contributed by atoms with Crippen molar-refractivity contribution in [1.82, 2.24) is 5.32 Å². The lowest BCUT2D eigenvalue weighted by Gasteiger charge is -2.34. The standard InChI is InChI=1S/C12H25N/c1-4-6-11-7-8-12(13-5-2)10(3)9-11/h10-13H,4-9H2,1-3H3. The van der Waals surface area contributed by atoms with E-state index >= 15 is 0 Å². The summed E-state index contributed by atoms with van der Waals surface area (Å²) >= 11 is 0. The number of hydrogen-bond donors (Lipinski definition) is 1. The molecule has 0 saturated heterocycles. The fourth-order valence-electron chi connectivity index (χ4n) is 2.74. The van der Waals surface area contributed by atoms with Crippen LogP contribution in [0.1, 0.15) is 52.9 Å². The van der Waals surface area contributed by atoms with Gasteiger partial charge in [-0.25, -0.2) is 0 Å². The van der Waals surface area contributed by atoms with Gasteiger partial charge in [-0.05, 0) is 37.6 Å². The molecule has 0 aromatic carbocycles. The minimum absolute atomic E-state index is 0.804. The van der Waals surface area contributed by atoms with Crippen molar-refractivity contribution in [3.8, 4) is 0 Å². The Labute approximate surface area is 83.3 Å². The normalized spacial score (nSPS) is 34.8. The van der Waals surface area contributed by atoms with Crippen molar-refractivity contribution < 1.29 is 0 Å². The van der Waals surface area contributed by atoms with Gasteiger partial charge in [-0.1, -0.05) is 33.6 Å². The molecule has 0 radical (unpaired) electrons. The Balaban J connectivity index is 2.28. The highest BCUT2D eigenvalue weighted by molar-refractivity contribution is 4.81. The quantitative estimate of drug-likeness (QED) is 0.706. The first-order valence-electron chi connectivity index (χ1n) is 6.01. The molecular weight excluding hydrogens is 158 g/mol. The predicted octanol–water partition coefficient (Wildman–Crippen LogP) is 3.20. The molecule has 0 aliphatic heterocycles. The molecular formula is C12H25N. The second-order valence-corrected chi connectivity index (χ2v) is 4.61. The van der Waals surface area contributed by atoms with Gasteiger partial charge in [-0.15, -0.1) is 0 Å². The van der Waals surface area contributed by atoms with Gasteiger partial charge in [0.1, 0.15) is 0 Å². The van der Waals surface area contributed by atoms with Gasteiger partial charge in [0.2, 0.25) is 0 Å². The van der Waals surface area contributed by atoms with Crippen LogP contribution in [0.15, 0.2) is 0 Å². The molecule has 1 fully saturated rings. The Bertz CT molecular complexity index is 133. The molecule has 0 spiro atoms. The first-order chi connectivity index (χ1) is 6.27. The van der Waals surface area contributed by atoms with Crippen LogP contribution in [-0.4, -0.2) is 12.6 Å². The molecule has 3 atom stereocenters. The molecule has 0 aromatic heterocycles. The van der Waals surface area contributed by atoms with Crippen molar-refractivity contribution in [3.63, 3.8) is 0 Å². The van der Waals surface area contributed by atoms with Crippen LogP contribution in [0.4, 0.5) is 0 Å². The van der Waals surface area contributed by atoms with E-state index in [1.54, 1.807) is 0 Å². The highest BCUT2D eigenvalue weighted by atomic mass is 14.9. The topological polar surface area (TPSA) is 12.0 Å². The SMILES string of the molecule is CCCC1CCC(NCC)C(C)C1. The van der Waals surface area contributed by atoms with Crippen LogP contribution in [0.25, 0.3) is 0 Å². The Hall–Kier alpha value is -0.0400. The van der Waals surface area contributed by atoms with E-state index in [2.05, 4.69) is 26.1 Å². The lowest BCUT2D eigenvalue weighted by atomic mass is 9.77. The lowest BCUT2D eigenvalue weighted by molar-refractivity contribution is 0.210. The maximum Gasteiger partial charge on any atom is 0.00927 e. The molecule has 13 heavy (non-hydrogen) atoms. The summed E-state index contributed by atoms with van der Waals surface area (Å²) in [5.41, 5.74) is 0. The minimum Gasteiger partial charge on any atom is -0.314 e. The Kier molecular flexibility index (Phi) is 4.79. The maximum atomic E-state index is 3.60. The zero-order valence-corrected chi connectivity index (χ0v) is 9.47. The lowest BCUT2D eigenvalue weighted by Crippen LogP contribution is -2.39. The smallest absolute Gasteiger partial charge is 0.00927 e. The molecule has 0 aromatic rings. The molecule has 1 heteroatoms. The minimum atomic E-state index is 0.804. The van der Waals surface area contributed by atoms with Crippen molar-refractivity contribution in [2.75, 3.05) is 6.54 Å². The van der Waals surface area contributed by atoms with Crippen LogP contribution in [0.5, 0.6) is 0 Å². The van der Waals surface area contributed by atoms with E-state index in [9.17, 15) is 0 Å². The van der Waals surface area contributed by atoms with E-state index in [1.165, 1.54) is 32.1 Å². The summed E-state index contributed by atoms with van der Waals surface area (Å²) in [6.45, 7) is 8.06. The average Bonchev–Trinajstić information content (AvgIpc) is 2.10. The first-order valence-corrected chi connectivity index (χ1v) is 6.01. The number of rotatable bonds is 4. The molecule has 1 aliphatic rings. The maximum absolute atomic E-state index is 3.60. The monoisotopic (exact) mass is 183 g/mol. The van der Waals surface area contributed by atoms with Crippen LogP contribution >= 0.6 is 0 Å². The molecule has 1 aliphatic carbocycles. The van der Waals surface area contributed by atoms with Crippen LogP contribution in [0.3, 0.4) is 0 Å². The van der Waals surface area contributed by atoms with Gasteiger partial charge in [0, 0.05) is 6.04 Å². The Morgan fingerprint density at radius 1 is 1.23 bits per heavy atom. The molecule has 78 valence electrons. The zero-order valence-electron chi connectivity index (χ0n) is 9.47. The van der Waals surface area contributed by atoms with Gasteiger partial charge >= 0.3 is 0 Å². The third kappa shape index (κ3) is 3.30.